The third kappa shape index (κ3) is 5.20. The molecule has 4 rings (SSSR count). The highest BCUT2D eigenvalue weighted by Gasteiger charge is 2.30. The van der Waals surface area contributed by atoms with Gasteiger partial charge in [-0.1, -0.05) is 60.7 Å². The first-order chi connectivity index (χ1) is 15.8. The van der Waals surface area contributed by atoms with Gasteiger partial charge in [-0.3, -0.25) is 4.79 Å². The molecular formula is C26H18F3NO3. The van der Waals surface area contributed by atoms with Crippen LogP contribution in [0.3, 0.4) is 0 Å². The molecule has 0 heterocycles. The average Bonchev–Trinajstić information content (AvgIpc) is 2.82. The molecule has 4 aromatic rings. The molecule has 0 spiro atoms. The van der Waals surface area contributed by atoms with E-state index < -0.39 is 30.2 Å². The van der Waals surface area contributed by atoms with Crippen LogP contribution in [0.1, 0.15) is 15.9 Å². The van der Waals surface area contributed by atoms with Crippen molar-refractivity contribution in [1.82, 2.24) is 0 Å². The quantitative estimate of drug-likeness (QED) is 0.363. The van der Waals surface area contributed by atoms with Crippen molar-refractivity contribution >= 4 is 28.3 Å². The lowest BCUT2D eigenvalue weighted by atomic mass is 9.98. The lowest BCUT2D eigenvalue weighted by Crippen LogP contribution is -2.21. The van der Waals surface area contributed by atoms with E-state index in [1.54, 1.807) is 24.3 Å². The van der Waals surface area contributed by atoms with Crippen LogP contribution in [-0.2, 0) is 15.7 Å². The van der Waals surface area contributed by atoms with Gasteiger partial charge in [0.15, 0.2) is 6.61 Å². The largest absolute Gasteiger partial charge is 0.452 e. The monoisotopic (exact) mass is 449 g/mol. The van der Waals surface area contributed by atoms with E-state index in [1.165, 1.54) is 18.2 Å². The van der Waals surface area contributed by atoms with Crippen molar-refractivity contribution in [1.29, 1.82) is 0 Å². The molecular weight excluding hydrogens is 431 g/mol. The number of fused-ring (bicyclic) bond motifs is 1. The van der Waals surface area contributed by atoms with Crippen LogP contribution in [0.15, 0.2) is 91.0 Å². The summed E-state index contributed by atoms with van der Waals surface area (Å²) in [5.41, 5.74) is 0.773. The number of esters is 1. The molecule has 0 bridgehead atoms. The number of hydrogen-bond acceptors (Lipinski definition) is 3. The standard InChI is InChI=1S/C26H18F3NO3/c27-26(28,29)20-12-9-18(10-13-20)22-7-3-4-8-23(22)25(32)33-16-24(31)30-21-14-11-17-5-1-2-6-19(17)15-21/h1-15H,16H2,(H,30,31). The Morgan fingerprint density at radius 1 is 0.788 bits per heavy atom. The van der Waals surface area contributed by atoms with Gasteiger partial charge in [0.25, 0.3) is 5.91 Å². The molecule has 33 heavy (non-hydrogen) atoms. The van der Waals surface area contributed by atoms with Crippen molar-refractivity contribution in [2.24, 2.45) is 0 Å². The molecule has 0 atom stereocenters. The van der Waals surface area contributed by atoms with Gasteiger partial charge in [0.05, 0.1) is 11.1 Å². The number of rotatable bonds is 5. The number of anilines is 1. The van der Waals surface area contributed by atoms with Crippen molar-refractivity contribution in [2.75, 3.05) is 11.9 Å². The number of nitrogens with one attached hydrogen (secondary N) is 1. The van der Waals surface area contributed by atoms with Crippen LogP contribution in [0.5, 0.6) is 0 Å². The number of alkyl halides is 3. The molecule has 0 aliphatic heterocycles. The number of benzene rings is 4. The Balaban J connectivity index is 1.44. The normalized spacial score (nSPS) is 11.2. The molecule has 166 valence electrons. The van der Waals surface area contributed by atoms with E-state index >= 15 is 0 Å². The molecule has 1 amide bonds. The molecule has 1 N–H and O–H groups in total. The van der Waals surface area contributed by atoms with E-state index in [2.05, 4.69) is 5.32 Å². The van der Waals surface area contributed by atoms with Crippen LogP contribution in [0, 0.1) is 0 Å². The Hall–Kier alpha value is -4.13. The lowest BCUT2D eigenvalue weighted by molar-refractivity contribution is -0.137. The molecule has 4 nitrogen and oxygen atoms in total. The summed E-state index contributed by atoms with van der Waals surface area (Å²) < 4.78 is 43.6. The van der Waals surface area contributed by atoms with Crippen molar-refractivity contribution in [3.63, 3.8) is 0 Å². The molecule has 0 unspecified atom stereocenters. The van der Waals surface area contributed by atoms with Crippen LogP contribution >= 0.6 is 0 Å². The SMILES string of the molecule is O=C(COC(=O)c1ccccc1-c1ccc(C(F)(F)F)cc1)Nc1ccc2ccccc2c1. The first-order valence-corrected chi connectivity index (χ1v) is 10.0. The van der Waals surface area contributed by atoms with Crippen LogP contribution in [0.25, 0.3) is 21.9 Å². The van der Waals surface area contributed by atoms with Gasteiger partial charge in [0.1, 0.15) is 0 Å². The summed E-state index contributed by atoms with van der Waals surface area (Å²) in [7, 11) is 0. The molecule has 0 fully saturated rings. The highest BCUT2D eigenvalue weighted by Crippen LogP contribution is 2.32. The summed E-state index contributed by atoms with van der Waals surface area (Å²) in [6.45, 7) is -0.507. The Morgan fingerprint density at radius 3 is 2.18 bits per heavy atom. The third-order valence-corrected chi connectivity index (χ3v) is 5.04. The van der Waals surface area contributed by atoms with E-state index in [9.17, 15) is 22.8 Å². The lowest BCUT2D eigenvalue weighted by Gasteiger charge is -2.12. The molecule has 0 aliphatic carbocycles. The maximum Gasteiger partial charge on any atom is 0.416 e. The minimum absolute atomic E-state index is 0.149. The summed E-state index contributed by atoms with van der Waals surface area (Å²) in [6.07, 6.45) is -4.45. The van der Waals surface area contributed by atoms with Crippen molar-refractivity contribution in [3.8, 4) is 11.1 Å². The number of halogens is 3. The second kappa shape index (κ2) is 9.16. The van der Waals surface area contributed by atoms with Gasteiger partial charge in [-0.2, -0.15) is 13.2 Å². The van der Waals surface area contributed by atoms with E-state index in [-0.39, 0.29) is 5.56 Å². The summed E-state index contributed by atoms with van der Waals surface area (Å²) in [6, 6.07) is 24.0. The molecule has 0 saturated carbocycles. The van der Waals surface area contributed by atoms with Gasteiger partial charge in [-0.15, -0.1) is 0 Å². The Labute approximate surface area is 187 Å². The first kappa shape index (κ1) is 22.1. The van der Waals surface area contributed by atoms with Crippen molar-refractivity contribution in [2.45, 2.75) is 6.18 Å². The summed E-state index contributed by atoms with van der Waals surface area (Å²) in [5, 5.41) is 4.67. The summed E-state index contributed by atoms with van der Waals surface area (Å²) >= 11 is 0. The zero-order valence-electron chi connectivity index (χ0n) is 17.2. The Morgan fingerprint density at radius 2 is 1.45 bits per heavy atom. The van der Waals surface area contributed by atoms with Gasteiger partial charge in [-0.25, -0.2) is 4.79 Å². The second-order valence-corrected chi connectivity index (χ2v) is 7.31. The van der Waals surface area contributed by atoms with Crippen LogP contribution in [-0.4, -0.2) is 18.5 Å². The highest BCUT2D eigenvalue weighted by atomic mass is 19.4. The fraction of sp³-hybridized carbons (Fsp3) is 0.0769. The zero-order valence-corrected chi connectivity index (χ0v) is 17.2. The Kier molecular flexibility index (Phi) is 6.13. The Bertz CT molecular complexity index is 1310. The van der Waals surface area contributed by atoms with E-state index in [4.69, 9.17) is 4.74 Å². The van der Waals surface area contributed by atoms with Crippen molar-refractivity contribution < 1.29 is 27.5 Å². The minimum Gasteiger partial charge on any atom is -0.452 e. The van der Waals surface area contributed by atoms with Crippen LogP contribution < -0.4 is 5.32 Å². The van der Waals surface area contributed by atoms with Crippen LogP contribution in [0.2, 0.25) is 0 Å². The molecule has 0 aliphatic rings. The highest BCUT2D eigenvalue weighted by molar-refractivity contribution is 6.00. The maximum atomic E-state index is 12.8. The van der Waals surface area contributed by atoms with E-state index in [0.29, 0.717) is 16.8 Å². The topological polar surface area (TPSA) is 55.4 Å². The summed E-state index contributed by atoms with van der Waals surface area (Å²) in [5.74, 6) is -1.26. The molecule has 0 aromatic heterocycles. The number of hydrogen-bond donors (Lipinski definition) is 1. The fourth-order valence-electron chi connectivity index (χ4n) is 3.42. The fourth-order valence-corrected chi connectivity index (χ4v) is 3.42. The average molecular weight is 449 g/mol. The van der Waals surface area contributed by atoms with Gasteiger partial charge >= 0.3 is 12.1 Å². The first-order valence-electron chi connectivity index (χ1n) is 10.0. The van der Waals surface area contributed by atoms with Gasteiger partial charge < -0.3 is 10.1 Å². The van der Waals surface area contributed by atoms with Crippen LogP contribution in [0.4, 0.5) is 18.9 Å². The van der Waals surface area contributed by atoms with E-state index in [0.717, 1.165) is 22.9 Å². The molecule has 0 saturated heterocycles. The number of carbonyl (C=O) groups is 2. The van der Waals surface area contributed by atoms with E-state index in [1.807, 2.05) is 36.4 Å². The second-order valence-electron chi connectivity index (χ2n) is 7.31. The third-order valence-electron chi connectivity index (χ3n) is 5.04. The minimum atomic E-state index is -4.45. The number of ether oxygens (including phenoxy) is 1. The summed E-state index contributed by atoms with van der Waals surface area (Å²) in [4.78, 5) is 24.9. The van der Waals surface area contributed by atoms with Gasteiger partial charge in [0, 0.05) is 5.69 Å². The van der Waals surface area contributed by atoms with Gasteiger partial charge in [-0.05, 0) is 52.2 Å². The molecule has 4 aromatic carbocycles. The van der Waals surface area contributed by atoms with Crippen molar-refractivity contribution in [3.05, 3.63) is 102 Å². The smallest absolute Gasteiger partial charge is 0.416 e. The maximum absolute atomic E-state index is 12.8. The zero-order chi connectivity index (χ0) is 23.4. The molecule has 0 radical (unpaired) electrons. The number of amides is 1. The number of carbonyl (C=O) groups excluding carboxylic acids is 2. The molecule has 7 heteroatoms. The predicted molar refractivity (Wildman–Crippen MR) is 120 cm³/mol. The van der Waals surface area contributed by atoms with Gasteiger partial charge in [0.2, 0.25) is 0 Å². The predicted octanol–water partition coefficient (Wildman–Crippen LogP) is 6.32.